The van der Waals surface area contributed by atoms with Gasteiger partial charge in [0.05, 0.1) is 18.1 Å². The molecule has 1 unspecified atom stereocenters. The molecule has 0 bridgehead atoms. The van der Waals surface area contributed by atoms with E-state index in [-0.39, 0.29) is 11.9 Å². The maximum Gasteiger partial charge on any atom is 0.141 e. The van der Waals surface area contributed by atoms with Gasteiger partial charge in [-0.25, -0.2) is 4.39 Å². The normalized spacial score (nSPS) is 12.6. The topological polar surface area (TPSA) is 53.6 Å². The highest BCUT2D eigenvalue weighted by atomic mass is 19.1. The molecule has 0 aliphatic heterocycles. The molecule has 1 atom stereocenters. The van der Waals surface area contributed by atoms with Crippen LogP contribution in [0.1, 0.15) is 42.8 Å². The third kappa shape index (κ3) is 3.87. The Balaban J connectivity index is 1.79. The number of pyridine rings is 1. The number of aryl methyl sites for hydroxylation is 2. The molecule has 0 saturated carbocycles. The van der Waals surface area contributed by atoms with E-state index in [0.29, 0.717) is 0 Å². The molecule has 0 radical (unpaired) electrons. The number of hydrogen-bond acceptors (Lipinski definition) is 3. The van der Waals surface area contributed by atoms with Crippen molar-refractivity contribution >= 4 is 0 Å². The number of H-pyrrole nitrogens is 1. The molecular weight excluding hydrogens is 255 g/mol. The van der Waals surface area contributed by atoms with Crippen molar-refractivity contribution in [2.45, 2.75) is 39.2 Å². The van der Waals surface area contributed by atoms with E-state index in [1.807, 2.05) is 13.1 Å². The summed E-state index contributed by atoms with van der Waals surface area (Å²) in [6.07, 6.45) is 6.13. The van der Waals surface area contributed by atoms with Gasteiger partial charge in [0.2, 0.25) is 0 Å². The average Bonchev–Trinajstić information content (AvgIpc) is 2.86. The predicted octanol–water partition coefficient (Wildman–Crippen LogP) is 2.93. The van der Waals surface area contributed by atoms with Crippen molar-refractivity contribution in [1.29, 1.82) is 0 Å². The molecule has 0 amide bonds. The molecule has 2 rings (SSSR count). The van der Waals surface area contributed by atoms with Gasteiger partial charge in [0.25, 0.3) is 0 Å². The minimum atomic E-state index is -0.293. The van der Waals surface area contributed by atoms with Crippen molar-refractivity contribution in [1.82, 2.24) is 20.5 Å². The first kappa shape index (κ1) is 14.7. The van der Waals surface area contributed by atoms with Gasteiger partial charge >= 0.3 is 0 Å². The third-order valence-corrected chi connectivity index (χ3v) is 3.46. The van der Waals surface area contributed by atoms with E-state index in [2.05, 4.69) is 27.4 Å². The molecule has 2 aromatic heterocycles. The zero-order chi connectivity index (χ0) is 14.4. The predicted molar refractivity (Wildman–Crippen MR) is 76.9 cm³/mol. The van der Waals surface area contributed by atoms with Crippen LogP contribution in [-0.2, 0) is 6.42 Å². The molecule has 0 aliphatic carbocycles. The Bertz CT molecular complexity index is 521. The number of halogens is 1. The van der Waals surface area contributed by atoms with Gasteiger partial charge < -0.3 is 5.32 Å². The lowest BCUT2D eigenvalue weighted by molar-refractivity contribution is 0.497. The van der Waals surface area contributed by atoms with Gasteiger partial charge in [-0.15, -0.1) is 0 Å². The van der Waals surface area contributed by atoms with Crippen LogP contribution in [0.5, 0.6) is 0 Å². The quantitative estimate of drug-likeness (QED) is 0.764. The summed E-state index contributed by atoms with van der Waals surface area (Å²) < 4.78 is 12.9. The molecule has 2 heterocycles. The molecule has 5 heteroatoms. The molecule has 0 aliphatic rings. The van der Waals surface area contributed by atoms with E-state index >= 15 is 0 Å². The van der Waals surface area contributed by atoms with Crippen molar-refractivity contribution in [3.05, 3.63) is 47.3 Å². The van der Waals surface area contributed by atoms with Crippen molar-refractivity contribution in [2.24, 2.45) is 0 Å². The molecule has 108 valence electrons. The largest absolute Gasteiger partial charge is 0.309 e. The van der Waals surface area contributed by atoms with Crippen molar-refractivity contribution in [3.8, 4) is 0 Å². The summed E-state index contributed by atoms with van der Waals surface area (Å²) in [7, 11) is 0. The fraction of sp³-hybridized carbons (Fsp3) is 0.467. The zero-order valence-corrected chi connectivity index (χ0v) is 12.0. The first-order valence-corrected chi connectivity index (χ1v) is 7.04. The maximum absolute atomic E-state index is 12.9. The summed E-state index contributed by atoms with van der Waals surface area (Å²) >= 11 is 0. The number of nitrogens with one attached hydrogen (secondary N) is 2. The van der Waals surface area contributed by atoms with Crippen molar-refractivity contribution < 1.29 is 4.39 Å². The molecule has 2 aromatic rings. The molecular formula is C15H21FN4. The Labute approximate surface area is 118 Å². The number of rotatable bonds is 7. The molecule has 0 spiro atoms. The summed E-state index contributed by atoms with van der Waals surface area (Å²) in [4.78, 5) is 4.14. The van der Waals surface area contributed by atoms with Crippen LogP contribution in [0.15, 0.2) is 24.5 Å². The van der Waals surface area contributed by atoms with Crippen molar-refractivity contribution in [2.75, 3.05) is 6.54 Å². The van der Waals surface area contributed by atoms with Gasteiger partial charge in [-0.05, 0) is 50.4 Å². The number of aromatic amines is 1. The highest BCUT2D eigenvalue weighted by Gasteiger charge is 2.10. The van der Waals surface area contributed by atoms with Gasteiger partial charge in [0.15, 0.2) is 0 Å². The Morgan fingerprint density at radius 3 is 2.80 bits per heavy atom. The van der Waals surface area contributed by atoms with E-state index in [9.17, 15) is 4.39 Å². The second-order valence-electron chi connectivity index (χ2n) is 4.94. The highest BCUT2D eigenvalue weighted by molar-refractivity contribution is 5.14. The summed E-state index contributed by atoms with van der Waals surface area (Å²) in [5.41, 5.74) is 3.30. The van der Waals surface area contributed by atoms with E-state index in [1.165, 1.54) is 17.8 Å². The van der Waals surface area contributed by atoms with Crippen LogP contribution in [-0.4, -0.2) is 21.7 Å². The van der Waals surface area contributed by atoms with Gasteiger partial charge in [-0.3, -0.25) is 10.1 Å². The standard InChI is InChI=1S/C15H21FN4/c1-3-14(15-7-6-13(16)10-18-15)17-8-4-5-12-9-19-20-11(12)2/h6-7,9-10,14,17H,3-5,8H2,1-2H3,(H,19,20). The number of hydrogen-bond donors (Lipinski definition) is 2. The second-order valence-corrected chi connectivity index (χ2v) is 4.94. The number of nitrogens with zero attached hydrogens (tertiary/aromatic N) is 2. The lowest BCUT2D eigenvalue weighted by Crippen LogP contribution is -2.23. The van der Waals surface area contributed by atoms with E-state index in [1.54, 1.807) is 6.07 Å². The SMILES string of the molecule is CCC(NCCCc1cn[nH]c1C)c1ccc(F)cn1. The second kappa shape index (κ2) is 7.14. The third-order valence-electron chi connectivity index (χ3n) is 3.46. The monoisotopic (exact) mass is 276 g/mol. The van der Waals surface area contributed by atoms with Gasteiger partial charge in [0.1, 0.15) is 5.82 Å². The molecule has 0 fully saturated rings. The Hall–Kier alpha value is -1.75. The molecule has 2 N–H and O–H groups in total. The molecule has 20 heavy (non-hydrogen) atoms. The average molecular weight is 276 g/mol. The zero-order valence-electron chi connectivity index (χ0n) is 12.0. The first-order valence-electron chi connectivity index (χ1n) is 7.04. The van der Waals surface area contributed by atoms with Crippen LogP contribution in [0.2, 0.25) is 0 Å². The summed E-state index contributed by atoms with van der Waals surface area (Å²) in [6, 6.07) is 3.39. The first-order chi connectivity index (χ1) is 9.70. The van der Waals surface area contributed by atoms with Crippen molar-refractivity contribution in [3.63, 3.8) is 0 Å². The van der Waals surface area contributed by atoms with Crippen LogP contribution in [0, 0.1) is 12.7 Å². The maximum atomic E-state index is 12.9. The van der Waals surface area contributed by atoms with Gasteiger partial charge in [-0.2, -0.15) is 5.10 Å². The summed E-state index contributed by atoms with van der Waals surface area (Å²) in [5.74, 6) is -0.293. The van der Waals surface area contributed by atoms with Crippen LogP contribution >= 0.6 is 0 Å². The van der Waals surface area contributed by atoms with Gasteiger partial charge in [-0.1, -0.05) is 6.92 Å². The van der Waals surface area contributed by atoms with Crippen LogP contribution in [0.4, 0.5) is 4.39 Å². The number of aromatic nitrogens is 3. The highest BCUT2D eigenvalue weighted by Crippen LogP contribution is 2.14. The minimum absolute atomic E-state index is 0.182. The molecule has 0 aromatic carbocycles. The van der Waals surface area contributed by atoms with Crippen LogP contribution in [0.3, 0.4) is 0 Å². The minimum Gasteiger partial charge on any atom is -0.309 e. The van der Waals surface area contributed by atoms with E-state index in [0.717, 1.165) is 37.2 Å². The Morgan fingerprint density at radius 2 is 2.20 bits per heavy atom. The fourth-order valence-electron chi connectivity index (χ4n) is 2.23. The summed E-state index contributed by atoms with van der Waals surface area (Å²) in [6.45, 7) is 5.04. The molecule has 0 saturated heterocycles. The smallest absolute Gasteiger partial charge is 0.141 e. The lowest BCUT2D eigenvalue weighted by Gasteiger charge is -2.16. The van der Waals surface area contributed by atoms with Crippen LogP contribution in [0.25, 0.3) is 0 Å². The lowest BCUT2D eigenvalue weighted by atomic mass is 10.1. The Kier molecular flexibility index (Phi) is 5.24. The van der Waals surface area contributed by atoms with E-state index in [4.69, 9.17) is 0 Å². The summed E-state index contributed by atoms with van der Waals surface area (Å²) in [5, 5.41) is 10.4. The van der Waals surface area contributed by atoms with Crippen LogP contribution < -0.4 is 5.32 Å². The molecule has 4 nitrogen and oxygen atoms in total. The fourth-order valence-corrected chi connectivity index (χ4v) is 2.23. The van der Waals surface area contributed by atoms with E-state index < -0.39 is 0 Å². The van der Waals surface area contributed by atoms with Gasteiger partial charge in [0, 0.05) is 11.7 Å². The Morgan fingerprint density at radius 1 is 1.35 bits per heavy atom.